The van der Waals surface area contributed by atoms with Crippen LogP contribution >= 0.6 is 0 Å². The molecule has 0 aromatic heterocycles. The van der Waals surface area contributed by atoms with Crippen LogP contribution in [0.25, 0.3) is 0 Å². The van der Waals surface area contributed by atoms with Crippen molar-refractivity contribution in [3.63, 3.8) is 0 Å². The average Bonchev–Trinajstić information content (AvgIpc) is 2.97. The van der Waals surface area contributed by atoms with E-state index in [-0.39, 0.29) is 6.92 Å². The van der Waals surface area contributed by atoms with E-state index in [0.29, 0.717) is 0 Å². The highest BCUT2D eigenvalue weighted by Gasteiger charge is 3.08. The van der Waals surface area contributed by atoms with Crippen molar-refractivity contribution in [3.05, 3.63) is 12.2 Å². The summed E-state index contributed by atoms with van der Waals surface area (Å²) in [4.78, 5) is 10.9. The maximum absolute atomic E-state index is 15.3. The largest absolute Gasteiger partial charge is 0.473 e. The van der Waals surface area contributed by atoms with E-state index in [4.69, 9.17) is 0 Å². The summed E-state index contributed by atoms with van der Waals surface area (Å²) < 4.78 is 468. The van der Waals surface area contributed by atoms with Gasteiger partial charge >= 0.3 is 107 Å². The number of hydrogen-bond donors (Lipinski definition) is 0. The van der Waals surface area contributed by atoms with Gasteiger partial charge in [-0.3, -0.25) is 0 Å². The topological polar surface area (TPSA) is 26.3 Å². The minimum Gasteiger partial charge on any atom is -0.393 e. The van der Waals surface area contributed by atoms with Crippen molar-refractivity contribution in [2.45, 2.75) is 108 Å². The van der Waals surface area contributed by atoms with Crippen LogP contribution in [0.15, 0.2) is 12.2 Å². The molecule has 0 bridgehead atoms. The first kappa shape index (κ1) is 50.9. The van der Waals surface area contributed by atoms with Crippen molar-refractivity contribution in [1.29, 1.82) is 0 Å². The highest BCUT2D eigenvalue weighted by atomic mass is 19.4. The van der Waals surface area contributed by atoms with Crippen LogP contribution in [0.1, 0.15) is 6.92 Å². The molecule has 0 heterocycles. The molecule has 1 saturated carbocycles. The Morgan fingerprint density at radius 3 is 0.804 bits per heavy atom. The minimum absolute atomic E-state index is 0.0458. The lowest BCUT2D eigenvalue weighted by Gasteiger charge is -2.54. The van der Waals surface area contributed by atoms with Gasteiger partial charge in [0.15, 0.2) is 0 Å². The highest BCUT2D eigenvalue weighted by Crippen LogP contribution is 2.75. The first-order valence-corrected chi connectivity index (χ1v) is 12.2. The molecule has 1 fully saturated rings. The molecule has 0 aromatic carbocycles. The summed E-state index contributed by atoms with van der Waals surface area (Å²) in [6.07, 6.45) is -7.96. The van der Waals surface area contributed by atoms with Gasteiger partial charge in [-0.1, -0.05) is 6.58 Å². The van der Waals surface area contributed by atoms with E-state index in [1.165, 1.54) is 0 Å². The van der Waals surface area contributed by atoms with Gasteiger partial charge in [0.2, 0.25) is 0 Å². The fourth-order valence-corrected chi connectivity index (χ4v) is 3.86. The molecular formula is C21H5F33O2. The second-order valence-corrected chi connectivity index (χ2v) is 11.0. The first-order valence-electron chi connectivity index (χ1n) is 12.2. The molecule has 332 valence electrons. The SMILES string of the molecule is C=C(C)C(=O)OC(F)(F)C(F)(F)C(F)(F)C(F)(F)C(F)(F)C(F)(F)C(F)(F)C1(F)C(F)(F)C(F)(F)C(F)(F)C(F)(F)C(F)(F)C(F)(F)C(F)(F)C(F)(F)C1(F)F. The third-order valence-electron chi connectivity index (χ3n) is 7.36. The van der Waals surface area contributed by atoms with Crippen LogP contribution in [0.5, 0.6) is 0 Å². The quantitative estimate of drug-likeness (QED) is 0.131. The standard InChI is InChI=1S/C21H5F33O2/c1-3(2)4(55)56-21(53,54)20(51,52)19(49,50)18(47,48)14(39,40)11(33,34)8(27,28)5(22)6(23,24)9(29,30)12(35,36)15(41,42)17(45,46)16(43,44)13(37,38)10(31,32)7(5,25)26/h1H2,2H3. The predicted molar refractivity (Wildman–Crippen MR) is 104 cm³/mol. The number of carbonyl (C=O) groups excluding carboxylic acids is 1. The molecule has 0 radical (unpaired) electrons. The summed E-state index contributed by atoms with van der Waals surface area (Å²) in [5.74, 6) is -156. The molecule has 0 saturated heterocycles. The van der Waals surface area contributed by atoms with Crippen LogP contribution in [0.3, 0.4) is 0 Å². The normalized spacial score (nSPS) is 25.8. The summed E-state index contributed by atoms with van der Waals surface area (Å²) in [5.41, 5.74) is -13.0. The fraction of sp³-hybridized carbons (Fsp3) is 0.857. The molecule has 0 spiro atoms. The summed E-state index contributed by atoms with van der Waals surface area (Å²) in [6.45, 7) is 2.27. The maximum Gasteiger partial charge on any atom is 0.473 e. The molecule has 0 aliphatic heterocycles. The van der Waals surface area contributed by atoms with Gasteiger partial charge in [0.1, 0.15) is 0 Å². The predicted octanol–water partition coefficient (Wildman–Crippen LogP) is 10.9. The van der Waals surface area contributed by atoms with Gasteiger partial charge in [0, 0.05) is 5.57 Å². The van der Waals surface area contributed by atoms with Crippen LogP contribution in [0.4, 0.5) is 145 Å². The van der Waals surface area contributed by atoms with Gasteiger partial charge < -0.3 is 4.74 Å². The van der Waals surface area contributed by atoms with Crippen molar-refractivity contribution in [3.8, 4) is 0 Å². The average molecular weight is 916 g/mol. The van der Waals surface area contributed by atoms with Crippen molar-refractivity contribution < 1.29 is 154 Å². The number of rotatable bonds is 9. The second kappa shape index (κ2) is 12.0. The number of ether oxygens (including phenoxy) is 1. The van der Waals surface area contributed by atoms with Crippen molar-refractivity contribution in [1.82, 2.24) is 0 Å². The lowest BCUT2D eigenvalue weighted by Crippen LogP contribution is -2.88. The molecule has 1 rings (SSSR count). The molecule has 0 unspecified atom stereocenters. The van der Waals surface area contributed by atoms with E-state index < -0.39 is 112 Å². The first-order chi connectivity index (χ1) is 23.6. The smallest absolute Gasteiger partial charge is 0.393 e. The number of halogens is 33. The Bertz CT molecular complexity index is 1510. The van der Waals surface area contributed by atoms with Gasteiger partial charge in [-0.2, -0.15) is 140 Å². The van der Waals surface area contributed by atoms with Crippen LogP contribution < -0.4 is 0 Å². The zero-order chi connectivity index (χ0) is 46.4. The lowest BCUT2D eigenvalue weighted by atomic mass is 9.69. The Balaban J connectivity index is 4.69. The molecule has 1 aliphatic rings. The van der Waals surface area contributed by atoms with Crippen LogP contribution in [-0.4, -0.2) is 107 Å². The minimum atomic E-state index is -11.2. The van der Waals surface area contributed by atoms with Gasteiger partial charge in [-0.25, -0.2) is 9.18 Å². The van der Waals surface area contributed by atoms with Crippen molar-refractivity contribution >= 4 is 5.97 Å². The van der Waals surface area contributed by atoms with Gasteiger partial charge in [-0.15, -0.1) is 0 Å². The molecule has 0 atom stereocenters. The van der Waals surface area contributed by atoms with Crippen molar-refractivity contribution in [2.24, 2.45) is 0 Å². The van der Waals surface area contributed by atoms with Gasteiger partial charge in [0.25, 0.3) is 0 Å². The summed E-state index contributed by atoms with van der Waals surface area (Å²) in [5, 5.41) is 0. The number of alkyl halides is 33. The summed E-state index contributed by atoms with van der Waals surface area (Å²) in [6, 6.07) is 0. The Labute approximate surface area is 281 Å². The molecule has 0 aromatic rings. The Kier molecular flexibility index (Phi) is 10.9. The van der Waals surface area contributed by atoms with Gasteiger partial charge in [-0.05, 0) is 6.92 Å². The van der Waals surface area contributed by atoms with E-state index in [1.54, 1.807) is 0 Å². The van der Waals surface area contributed by atoms with E-state index in [1.807, 2.05) is 0 Å². The van der Waals surface area contributed by atoms with Crippen LogP contribution in [-0.2, 0) is 9.53 Å². The third kappa shape index (κ3) is 5.02. The van der Waals surface area contributed by atoms with E-state index >= 15 is 4.39 Å². The third-order valence-corrected chi connectivity index (χ3v) is 7.36. The molecule has 56 heavy (non-hydrogen) atoms. The molecular weight excluding hydrogens is 911 g/mol. The monoisotopic (exact) mass is 916 g/mol. The zero-order valence-corrected chi connectivity index (χ0v) is 24.5. The number of carbonyl (C=O) groups is 1. The molecule has 35 heteroatoms. The molecule has 0 amide bonds. The molecule has 2 nitrogen and oxygen atoms in total. The van der Waals surface area contributed by atoms with E-state index in [0.717, 1.165) is 0 Å². The van der Waals surface area contributed by atoms with E-state index in [9.17, 15) is 145 Å². The Morgan fingerprint density at radius 1 is 0.375 bits per heavy atom. The molecule has 1 aliphatic carbocycles. The second-order valence-electron chi connectivity index (χ2n) is 11.0. The lowest BCUT2D eigenvalue weighted by molar-refractivity contribution is -0.521. The maximum atomic E-state index is 15.3. The number of esters is 1. The summed E-state index contributed by atoms with van der Waals surface area (Å²) in [7, 11) is 0. The zero-order valence-electron chi connectivity index (χ0n) is 24.5. The van der Waals surface area contributed by atoms with E-state index in [2.05, 4.69) is 11.3 Å². The molecule has 0 N–H and O–H groups in total. The Morgan fingerprint density at radius 2 is 0.571 bits per heavy atom. The van der Waals surface area contributed by atoms with Gasteiger partial charge in [0.05, 0.1) is 0 Å². The summed E-state index contributed by atoms with van der Waals surface area (Å²) >= 11 is 0. The highest BCUT2D eigenvalue weighted by molar-refractivity contribution is 5.87. The number of hydrogen-bond acceptors (Lipinski definition) is 2. The van der Waals surface area contributed by atoms with Crippen LogP contribution in [0.2, 0.25) is 0 Å². The van der Waals surface area contributed by atoms with Crippen LogP contribution in [0, 0.1) is 0 Å². The fourth-order valence-electron chi connectivity index (χ4n) is 3.86. The Hall–Kier alpha value is -3.10. The van der Waals surface area contributed by atoms with Crippen molar-refractivity contribution in [2.75, 3.05) is 0 Å².